The zero-order chi connectivity index (χ0) is 14.7. The van der Waals surface area contributed by atoms with Crippen molar-refractivity contribution in [1.29, 1.82) is 0 Å². The number of β-amino-alcohol motifs (C(OH)–C–C–N with tert-alkyl or cyclic N) is 1. The van der Waals surface area contributed by atoms with Crippen molar-refractivity contribution >= 4 is 5.91 Å². The van der Waals surface area contributed by atoms with Crippen LogP contribution in [-0.4, -0.2) is 60.1 Å². The minimum absolute atomic E-state index is 0.0335. The number of aliphatic hydroxyl groups is 1. The lowest BCUT2D eigenvalue weighted by Crippen LogP contribution is -2.49. The summed E-state index contributed by atoms with van der Waals surface area (Å²) in [5.41, 5.74) is -0.459. The molecular formula is C13H15F3N2O2. The van der Waals surface area contributed by atoms with E-state index in [1.165, 1.54) is 4.90 Å². The van der Waals surface area contributed by atoms with E-state index < -0.39 is 28.9 Å². The average molecular weight is 288 g/mol. The van der Waals surface area contributed by atoms with Crippen molar-refractivity contribution in [3.63, 3.8) is 0 Å². The molecule has 1 saturated heterocycles. The highest BCUT2D eigenvalue weighted by Crippen LogP contribution is 2.17. The highest BCUT2D eigenvalue weighted by atomic mass is 19.2. The number of carbonyl (C=O) groups excluding carboxylic acids is 1. The molecule has 110 valence electrons. The van der Waals surface area contributed by atoms with Crippen molar-refractivity contribution in [3.05, 3.63) is 35.1 Å². The maximum Gasteiger partial charge on any atom is 0.257 e. The molecule has 1 aliphatic rings. The van der Waals surface area contributed by atoms with Crippen LogP contribution in [0.25, 0.3) is 0 Å². The molecular weight excluding hydrogens is 273 g/mol. The summed E-state index contributed by atoms with van der Waals surface area (Å²) in [5, 5.41) is 8.82. The number of piperazine rings is 1. The Labute approximate surface area is 114 Å². The first-order chi connectivity index (χ1) is 9.54. The van der Waals surface area contributed by atoms with Crippen LogP contribution < -0.4 is 0 Å². The van der Waals surface area contributed by atoms with Crippen LogP contribution in [0.3, 0.4) is 0 Å². The Balaban J connectivity index is 2.08. The van der Waals surface area contributed by atoms with E-state index in [0.29, 0.717) is 32.7 Å². The van der Waals surface area contributed by atoms with E-state index in [1.807, 2.05) is 4.90 Å². The van der Waals surface area contributed by atoms with Crippen LogP contribution in [0.4, 0.5) is 13.2 Å². The molecule has 0 radical (unpaired) electrons. The van der Waals surface area contributed by atoms with Gasteiger partial charge in [-0.25, -0.2) is 13.2 Å². The smallest absolute Gasteiger partial charge is 0.257 e. The molecule has 7 heteroatoms. The predicted molar refractivity (Wildman–Crippen MR) is 65.7 cm³/mol. The van der Waals surface area contributed by atoms with Gasteiger partial charge in [-0.05, 0) is 12.1 Å². The summed E-state index contributed by atoms with van der Waals surface area (Å²) in [6, 6.07) is 1.70. The molecule has 0 aliphatic carbocycles. The minimum atomic E-state index is -1.63. The maximum absolute atomic E-state index is 13.6. The Hall–Kier alpha value is -1.60. The zero-order valence-corrected chi connectivity index (χ0v) is 10.8. The van der Waals surface area contributed by atoms with Crippen molar-refractivity contribution in [2.24, 2.45) is 0 Å². The van der Waals surface area contributed by atoms with Crippen LogP contribution in [0.1, 0.15) is 10.4 Å². The van der Waals surface area contributed by atoms with Crippen LogP contribution in [0.15, 0.2) is 12.1 Å². The SMILES string of the molecule is O=C(c1ccc(F)c(F)c1F)N1CCN(CCO)CC1. The molecule has 1 fully saturated rings. The first-order valence-electron chi connectivity index (χ1n) is 6.30. The maximum atomic E-state index is 13.6. The second kappa shape index (κ2) is 6.23. The first-order valence-corrected chi connectivity index (χ1v) is 6.30. The van der Waals surface area contributed by atoms with E-state index in [-0.39, 0.29) is 6.61 Å². The average Bonchev–Trinajstić information content (AvgIpc) is 2.45. The van der Waals surface area contributed by atoms with Gasteiger partial charge in [0.1, 0.15) is 0 Å². The van der Waals surface area contributed by atoms with Gasteiger partial charge in [-0.2, -0.15) is 0 Å². The number of nitrogens with zero attached hydrogens (tertiary/aromatic N) is 2. The number of amides is 1. The lowest BCUT2D eigenvalue weighted by molar-refractivity contribution is 0.0609. The van der Waals surface area contributed by atoms with E-state index in [0.717, 1.165) is 12.1 Å². The van der Waals surface area contributed by atoms with Crippen molar-refractivity contribution in [2.75, 3.05) is 39.3 Å². The van der Waals surface area contributed by atoms with Gasteiger partial charge in [0.05, 0.1) is 12.2 Å². The number of aliphatic hydroxyl groups excluding tert-OH is 1. The van der Waals surface area contributed by atoms with Crippen molar-refractivity contribution in [1.82, 2.24) is 9.80 Å². The Morgan fingerprint density at radius 1 is 1.10 bits per heavy atom. The lowest BCUT2D eigenvalue weighted by Gasteiger charge is -2.34. The standard InChI is InChI=1S/C13H15F3N2O2/c14-10-2-1-9(11(15)12(10)16)13(20)18-5-3-17(4-6-18)7-8-19/h1-2,19H,3-8H2. The summed E-state index contributed by atoms with van der Waals surface area (Å²) in [6.07, 6.45) is 0. The summed E-state index contributed by atoms with van der Waals surface area (Å²) in [6.45, 7) is 2.37. The van der Waals surface area contributed by atoms with E-state index in [2.05, 4.69) is 0 Å². The largest absolute Gasteiger partial charge is 0.395 e. The lowest BCUT2D eigenvalue weighted by atomic mass is 10.1. The van der Waals surface area contributed by atoms with Crippen molar-refractivity contribution in [3.8, 4) is 0 Å². The van der Waals surface area contributed by atoms with Gasteiger partial charge >= 0.3 is 0 Å². The summed E-state index contributed by atoms with van der Waals surface area (Å²) in [7, 11) is 0. The van der Waals surface area contributed by atoms with Crippen LogP contribution in [0.2, 0.25) is 0 Å². The second-order valence-electron chi connectivity index (χ2n) is 4.58. The van der Waals surface area contributed by atoms with Crippen molar-refractivity contribution < 1.29 is 23.1 Å². The molecule has 0 unspecified atom stereocenters. The Morgan fingerprint density at radius 2 is 1.75 bits per heavy atom. The number of rotatable bonds is 3. The molecule has 1 amide bonds. The molecule has 2 rings (SSSR count). The van der Waals surface area contributed by atoms with Gasteiger partial charge in [0, 0.05) is 32.7 Å². The monoisotopic (exact) mass is 288 g/mol. The van der Waals surface area contributed by atoms with Crippen LogP contribution >= 0.6 is 0 Å². The number of halogens is 3. The normalized spacial score (nSPS) is 16.5. The first kappa shape index (κ1) is 14.8. The highest BCUT2D eigenvalue weighted by molar-refractivity contribution is 5.94. The molecule has 0 bridgehead atoms. The third-order valence-electron chi connectivity index (χ3n) is 3.34. The van der Waals surface area contributed by atoms with E-state index in [1.54, 1.807) is 0 Å². The third kappa shape index (κ3) is 2.94. The summed E-state index contributed by atoms with van der Waals surface area (Å²) >= 11 is 0. The molecule has 20 heavy (non-hydrogen) atoms. The van der Waals surface area contributed by atoms with Gasteiger partial charge in [0.25, 0.3) is 5.91 Å². The molecule has 1 aromatic carbocycles. The van der Waals surface area contributed by atoms with Gasteiger partial charge in [0.2, 0.25) is 0 Å². The summed E-state index contributed by atoms with van der Waals surface area (Å²) < 4.78 is 39.5. The van der Waals surface area contributed by atoms with Gasteiger partial charge < -0.3 is 10.0 Å². The van der Waals surface area contributed by atoms with Gasteiger partial charge in [0.15, 0.2) is 17.5 Å². The zero-order valence-electron chi connectivity index (χ0n) is 10.8. The predicted octanol–water partition coefficient (Wildman–Crippen LogP) is 0.854. The third-order valence-corrected chi connectivity index (χ3v) is 3.34. The van der Waals surface area contributed by atoms with Crippen LogP contribution in [0.5, 0.6) is 0 Å². The van der Waals surface area contributed by atoms with E-state index >= 15 is 0 Å². The molecule has 1 heterocycles. The van der Waals surface area contributed by atoms with Gasteiger partial charge in [-0.3, -0.25) is 9.69 Å². The fraction of sp³-hybridized carbons (Fsp3) is 0.462. The number of hydrogen-bond donors (Lipinski definition) is 1. The fourth-order valence-corrected chi connectivity index (χ4v) is 2.18. The molecule has 0 saturated carbocycles. The van der Waals surface area contributed by atoms with Crippen LogP contribution in [-0.2, 0) is 0 Å². The quantitative estimate of drug-likeness (QED) is 0.839. The number of hydrogen-bond acceptors (Lipinski definition) is 3. The molecule has 0 spiro atoms. The Bertz CT molecular complexity index is 503. The summed E-state index contributed by atoms with van der Waals surface area (Å²) in [5.74, 6) is -5.04. The molecule has 0 aromatic heterocycles. The molecule has 0 atom stereocenters. The Morgan fingerprint density at radius 3 is 2.35 bits per heavy atom. The van der Waals surface area contributed by atoms with E-state index in [9.17, 15) is 18.0 Å². The van der Waals surface area contributed by atoms with E-state index in [4.69, 9.17) is 5.11 Å². The van der Waals surface area contributed by atoms with Gasteiger partial charge in [-0.1, -0.05) is 0 Å². The molecule has 1 N–H and O–H groups in total. The minimum Gasteiger partial charge on any atom is -0.395 e. The Kier molecular flexibility index (Phi) is 4.61. The highest BCUT2D eigenvalue weighted by Gasteiger charge is 2.26. The van der Waals surface area contributed by atoms with Gasteiger partial charge in [-0.15, -0.1) is 0 Å². The fourth-order valence-electron chi connectivity index (χ4n) is 2.18. The second-order valence-corrected chi connectivity index (χ2v) is 4.58. The topological polar surface area (TPSA) is 43.8 Å². The van der Waals surface area contributed by atoms with Crippen molar-refractivity contribution in [2.45, 2.75) is 0 Å². The number of benzene rings is 1. The molecule has 4 nitrogen and oxygen atoms in total. The number of carbonyl (C=O) groups is 1. The molecule has 1 aromatic rings. The summed E-state index contributed by atoms with van der Waals surface area (Å²) in [4.78, 5) is 15.4. The van der Waals surface area contributed by atoms with Crippen LogP contribution in [0, 0.1) is 17.5 Å². The molecule has 1 aliphatic heterocycles.